The summed E-state index contributed by atoms with van der Waals surface area (Å²) < 4.78 is 31.8. The third kappa shape index (κ3) is 3.92. The van der Waals surface area contributed by atoms with Gasteiger partial charge in [0.15, 0.2) is 11.6 Å². The first-order chi connectivity index (χ1) is 10.1. The summed E-state index contributed by atoms with van der Waals surface area (Å²) in [6.07, 6.45) is 3.84. The van der Waals surface area contributed by atoms with Crippen molar-refractivity contribution in [2.75, 3.05) is 6.54 Å². The number of nitriles is 1. The summed E-state index contributed by atoms with van der Waals surface area (Å²) >= 11 is 0. The van der Waals surface area contributed by atoms with Gasteiger partial charge in [-0.1, -0.05) is 6.92 Å². The van der Waals surface area contributed by atoms with Gasteiger partial charge in [-0.2, -0.15) is 5.26 Å². The van der Waals surface area contributed by atoms with Crippen LogP contribution in [0.15, 0.2) is 18.2 Å². The smallest absolute Gasteiger partial charge is 0.162 e. The lowest BCUT2D eigenvalue weighted by Crippen LogP contribution is -2.50. The molecule has 1 aromatic rings. The van der Waals surface area contributed by atoms with Gasteiger partial charge in [-0.15, -0.1) is 0 Å². The van der Waals surface area contributed by atoms with Crippen molar-refractivity contribution in [1.82, 2.24) is 5.32 Å². The lowest BCUT2D eigenvalue weighted by Gasteiger charge is -2.36. The Morgan fingerprint density at radius 1 is 1.43 bits per heavy atom. The van der Waals surface area contributed by atoms with E-state index in [4.69, 9.17) is 4.74 Å². The molecule has 0 radical (unpaired) electrons. The second-order valence-electron chi connectivity index (χ2n) is 5.53. The van der Waals surface area contributed by atoms with Gasteiger partial charge in [0.1, 0.15) is 17.4 Å². The molecule has 1 saturated carbocycles. The van der Waals surface area contributed by atoms with Crippen LogP contribution in [0, 0.1) is 23.0 Å². The van der Waals surface area contributed by atoms with Crippen LogP contribution in [-0.4, -0.2) is 18.2 Å². The Morgan fingerprint density at radius 2 is 2.24 bits per heavy atom. The van der Waals surface area contributed by atoms with E-state index in [2.05, 4.69) is 18.3 Å². The van der Waals surface area contributed by atoms with Gasteiger partial charge in [0, 0.05) is 12.5 Å². The average molecular weight is 294 g/mol. The van der Waals surface area contributed by atoms with Crippen LogP contribution in [0.25, 0.3) is 0 Å². The van der Waals surface area contributed by atoms with E-state index in [1.807, 2.05) is 0 Å². The highest BCUT2D eigenvalue weighted by molar-refractivity contribution is 5.24. The Hall–Kier alpha value is -1.67. The normalized spacial score (nSPS) is 25.3. The molecule has 1 aliphatic carbocycles. The topological polar surface area (TPSA) is 45.0 Å². The Bertz CT molecular complexity index is 529. The summed E-state index contributed by atoms with van der Waals surface area (Å²) in [5.74, 6) is -1.50. The standard InChI is InChI=1S/C16H20F2N2O/c1-2-8-20-16(11-19)7-3-4-13(10-16)21-12-5-6-14(17)15(18)9-12/h5-6,9,13,20H,2-4,7-8,10H2,1H3. The van der Waals surface area contributed by atoms with Crippen LogP contribution < -0.4 is 10.1 Å². The number of halogens is 2. The highest BCUT2D eigenvalue weighted by Crippen LogP contribution is 2.31. The van der Waals surface area contributed by atoms with Crippen molar-refractivity contribution in [1.29, 1.82) is 5.26 Å². The lowest BCUT2D eigenvalue weighted by atomic mass is 9.81. The Labute approximate surface area is 123 Å². The second kappa shape index (κ2) is 6.86. The molecule has 0 saturated heterocycles. The van der Waals surface area contributed by atoms with E-state index in [0.717, 1.165) is 44.4 Å². The first kappa shape index (κ1) is 15.7. The van der Waals surface area contributed by atoms with Crippen LogP contribution >= 0.6 is 0 Å². The highest BCUT2D eigenvalue weighted by atomic mass is 19.2. The minimum Gasteiger partial charge on any atom is -0.490 e. The summed E-state index contributed by atoms with van der Waals surface area (Å²) in [7, 11) is 0. The molecular formula is C16H20F2N2O. The third-order valence-electron chi connectivity index (χ3n) is 3.83. The van der Waals surface area contributed by atoms with Crippen molar-refractivity contribution in [2.24, 2.45) is 0 Å². The van der Waals surface area contributed by atoms with Crippen LogP contribution in [-0.2, 0) is 0 Å². The third-order valence-corrected chi connectivity index (χ3v) is 3.83. The van der Waals surface area contributed by atoms with Gasteiger partial charge in [-0.3, -0.25) is 5.32 Å². The fourth-order valence-corrected chi connectivity index (χ4v) is 2.73. The first-order valence-electron chi connectivity index (χ1n) is 7.36. The Morgan fingerprint density at radius 3 is 2.90 bits per heavy atom. The van der Waals surface area contributed by atoms with Crippen molar-refractivity contribution >= 4 is 0 Å². The SMILES string of the molecule is CCCNC1(C#N)CCCC(Oc2ccc(F)c(F)c2)C1. The number of nitrogens with zero attached hydrogens (tertiary/aromatic N) is 1. The summed E-state index contributed by atoms with van der Waals surface area (Å²) in [5, 5.41) is 12.8. The van der Waals surface area contributed by atoms with Gasteiger partial charge < -0.3 is 4.74 Å². The fourth-order valence-electron chi connectivity index (χ4n) is 2.73. The van der Waals surface area contributed by atoms with Gasteiger partial charge in [0.05, 0.1) is 6.07 Å². The maximum Gasteiger partial charge on any atom is 0.162 e. The molecule has 0 heterocycles. The quantitative estimate of drug-likeness (QED) is 0.903. The predicted molar refractivity (Wildman–Crippen MR) is 75.9 cm³/mol. The monoisotopic (exact) mass is 294 g/mol. The summed E-state index contributed by atoms with van der Waals surface area (Å²) in [4.78, 5) is 0. The van der Waals surface area contributed by atoms with E-state index in [1.54, 1.807) is 0 Å². The molecule has 0 amide bonds. The zero-order valence-corrected chi connectivity index (χ0v) is 12.2. The van der Waals surface area contributed by atoms with Gasteiger partial charge in [-0.05, 0) is 44.4 Å². The van der Waals surface area contributed by atoms with E-state index in [9.17, 15) is 14.0 Å². The Balaban J connectivity index is 2.03. The Kier molecular flexibility index (Phi) is 5.13. The molecule has 0 aromatic heterocycles. The molecule has 5 heteroatoms. The molecule has 0 bridgehead atoms. The summed E-state index contributed by atoms with van der Waals surface area (Å²) in [5.41, 5.74) is -0.572. The largest absolute Gasteiger partial charge is 0.490 e. The van der Waals surface area contributed by atoms with Gasteiger partial charge in [0.25, 0.3) is 0 Å². The predicted octanol–water partition coefficient (Wildman–Crippen LogP) is 3.55. The summed E-state index contributed by atoms with van der Waals surface area (Å²) in [6.45, 7) is 2.83. The molecule has 1 N–H and O–H groups in total. The molecule has 1 aliphatic rings. The molecule has 3 nitrogen and oxygen atoms in total. The van der Waals surface area contributed by atoms with Crippen LogP contribution in [0.4, 0.5) is 8.78 Å². The van der Waals surface area contributed by atoms with Crippen molar-refractivity contribution in [3.63, 3.8) is 0 Å². The van der Waals surface area contributed by atoms with E-state index in [-0.39, 0.29) is 6.10 Å². The zero-order valence-electron chi connectivity index (χ0n) is 12.2. The molecule has 0 spiro atoms. The minimum absolute atomic E-state index is 0.160. The molecular weight excluding hydrogens is 274 g/mol. The molecule has 0 aliphatic heterocycles. The minimum atomic E-state index is -0.918. The number of rotatable bonds is 5. The highest BCUT2D eigenvalue weighted by Gasteiger charge is 2.37. The molecule has 2 unspecified atom stereocenters. The number of ether oxygens (including phenoxy) is 1. The van der Waals surface area contributed by atoms with Crippen LogP contribution in [0.2, 0.25) is 0 Å². The molecule has 114 valence electrons. The van der Waals surface area contributed by atoms with E-state index < -0.39 is 17.2 Å². The van der Waals surface area contributed by atoms with Crippen molar-refractivity contribution in [3.05, 3.63) is 29.8 Å². The van der Waals surface area contributed by atoms with Crippen molar-refractivity contribution < 1.29 is 13.5 Å². The molecule has 1 aromatic carbocycles. The maximum atomic E-state index is 13.2. The average Bonchev–Trinajstić information content (AvgIpc) is 2.49. The number of hydrogen-bond donors (Lipinski definition) is 1. The van der Waals surface area contributed by atoms with E-state index in [1.165, 1.54) is 6.07 Å². The van der Waals surface area contributed by atoms with Gasteiger partial charge >= 0.3 is 0 Å². The van der Waals surface area contributed by atoms with Crippen LogP contribution in [0.5, 0.6) is 5.75 Å². The molecule has 21 heavy (non-hydrogen) atoms. The van der Waals surface area contributed by atoms with E-state index in [0.29, 0.717) is 12.2 Å². The first-order valence-corrected chi connectivity index (χ1v) is 7.36. The molecule has 1 fully saturated rings. The lowest BCUT2D eigenvalue weighted by molar-refractivity contribution is 0.112. The molecule has 2 atom stereocenters. The van der Waals surface area contributed by atoms with Crippen LogP contribution in [0.1, 0.15) is 39.0 Å². The van der Waals surface area contributed by atoms with Crippen molar-refractivity contribution in [3.8, 4) is 11.8 Å². The van der Waals surface area contributed by atoms with Crippen LogP contribution in [0.3, 0.4) is 0 Å². The zero-order chi connectivity index (χ0) is 15.3. The second-order valence-corrected chi connectivity index (χ2v) is 5.53. The van der Waals surface area contributed by atoms with Crippen molar-refractivity contribution in [2.45, 2.75) is 50.7 Å². The maximum absolute atomic E-state index is 13.2. The number of hydrogen-bond acceptors (Lipinski definition) is 3. The number of benzene rings is 1. The molecule has 2 rings (SSSR count). The van der Waals surface area contributed by atoms with Gasteiger partial charge in [0.2, 0.25) is 0 Å². The fraction of sp³-hybridized carbons (Fsp3) is 0.562. The number of nitrogens with one attached hydrogen (secondary N) is 1. The van der Waals surface area contributed by atoms with Gasteiger partial charge in [-0.25, -0.2) is 8.78 Å². The summed E-state index contributed by atoms with van der Waals surface area (Å²) in [6, 6.07) is 5.89. The van der Waals surface area contributed by atoms with E-state index >= 15 is 0 Å².